The first-order valence-electron chi connectivity index (χ1n) is 8.29. The van der Waals surface area contributed by atoms with Gasteiger partial charge in [0, 0.05) is 49.8 Å². The van der Waals surface area contributed by atoms with Crippen molar-refractivity contribution in [3.05, 3.63) is 28.7 Å². The molecule has 0 aliphatic carbocycles. The first-order valence-corrected chi connectivity index (χ1v) is 9.08. The first-order chi connectivity index (χ1) is 11.1. The quantitative estimate of drug-likeness (QED) is 0.814. The molecule has 7 heteroatoms. The Morgan fingerprint density at radius 2 is 2.08 bits per heavy atom. The van der Waals surface area contributed by atoms with Gasteiger partial charge in [0.05, 0.1) is 0 Å². The maximum absolute atomic E-state index is 12.6. The van der Waals surface area contributed by atoms with Crippen LogP contribution in [0.15, 0.2) is 28.7 Å². The molecule has 1 aromatic carbocycles. The Morgan fingerprint density at radius 1 is 1.33 bits per heavy atom. The van der Waals surface area contributed by atoms with E-state index < -0.39 is 6.10 Å². The Kier molecular flexibility index (Phi) is 7.34. The Balaban J connectivity index is 0.00000208. The van der Waals surface area contributed by atoms with Gasteiger partial charge in [0.25, 0.3) is 5.91 Å². The van der Waals surface area contributed by atoms with Crippen molar-refractivity contribution in [1.29, 1.82) is 0 Å². The van der Waals surface area contributed by atoms with Crippen molar-refractivity contribution in [3.8, 4) is 5.75 Å². The Hall–Kier alpha value is -0.820. The highest BCUT2D eigenvalue weighted by molar-refractivity contribution is 9.10. The van der Waals surface area contributed by atoms with Crippen LogP contribution >= 0.6 is 28.3 Å². The minimum atomic E-state index is -0.453. The number of carbonyl (C=O) groups excluding carboxylic acids is 1. The monoisotopic (exact) mass is 417 g/mol. The van der Waals surface area contributed by atoms with Crippen LogP contribution in [0.2, 0.25) is 0 Å². The second-order valence-corrected chi connectivity index (χ2v) is 7.15. The number of hydrogen-bond acceptors (Lipinski definition) is 4. The van der Waals surface area contributed by atoms with E-state index in [0.717, 1.165) is 55.9 Å². The number of piperazine rings is 1. The largest absolute Gasteiger partial charge is 0.481 e. The fourth-order valence-corrected chi connectivity index (χ4v) is 3.72. The number of rotatable bonds is 4. The second-order valence-electron chi connectivity index (χ2n) is 6.23. The van der Waals surface area contributed by atoms with Crippen molar-refractivity contribution in [3.63, 3.8) is 0 Å². The van der Waals surface area contributed by atoms with E-state index in [1.807, 2.05) is 36.1 Å². The van der Waals surface area contributed by atoms with Crippen molar-refractivity contribution < 1.29 is 9.53 Å². The molecule has 0 bridgehead atoms. The summed E-state index contributed by atoms with van der Waals surface area (Å²) in [6.45, 7) is 7.75. The van der Waals surface area contributed by atoms with Gasteiger partial charge in [-0.05, 0) is 31.5 Å². The molecule has 0 aromatic heterocycles. The lowest BCUT2D eigenvalue weighted by Gasteiger charge is -2.32. The predicted octanol–water partition coefficient (Wildman–Crippen LogP) is 2.14. The normalized spacial score (nSPS) is 22.8. The molecule has 2 heterocycles. The van der Waals surface area contributed by atoms with Gasteiger partial charge < -0.3 is 15.0 Å². The Morgan fingerprint density at radius 3 is 2.79 bits per heavy atom. The molecule has 3 rings (SSSR count). The summed E-state index contributed by atoms with van der Waals surface area (Å²) in [5, 5.41) is 3.38. The number of amides is 1. The van der Waals surface area contributed by atoms with Gasteiger partial charge in [-0.1, -0.05) is 22.0 Å². The van der Waals surface area contributed by atoms with E-state index in [-0.39, 0.29) is 18.3 Å². The standard InChI is InChI=1S/C17H24BrN3O2.ClH/c1-13(23-16-4-2-3-14(18)11-16)17(22)21-8-5-15(12-21)20-9-6-19-7-10-20;/h2-4,11,13,15,19H,5-10,12H2,1H3;1H. The number of halogens is 2. The molecular weight excluding hydrogens is 394 g/mol. The van der Waals surface area contributed by atoms with Crippen LogP contribution in [0.4, 0.5) is 0 Å². The zero-order valence-electron chi connectivity index (χ0n) is 13.9. The predicted molar refractivity (Wildman–Crippen MR) is 101 cm³/mol. The SMILES string of the molecule is CC(Oc1cccc(Br)c1)C(=O)N1CCC(N2CCNCC2)C1.Cl. The fourth-order valence-electron chi connectivity index (χ4n) is 3.34. The molecule has 24 heavy (non-hydrogen) atoms. The zero-order chi connectivity index (χ0) is 16.2. The van der Waals surface area contributed by atoms with E-state index in [2.05, 4.69) is 26.1 Å². The molecular formula is C17H25BrClN3O2. The third-order valence-corrected chi connectivity index (χ3v) is 5.09. The molecule has 2 unspecified atom stereocenters. The molecule has 5 nitrogen and oxygen atoms in total. The topological polar surface area (TPSA) is 44.8 Å². The maximum atomic E-state index is 12.6. The lowest BCUT2D eigenvalue weighted by molar-refractivity contribution is -0.137. The van der Waals surface area contributed by atoms with Crippen LogP contribution in [-0.4, -0.2) is 67.1 Å². The summed E-state index contributed by atoms with van der Waals surface area (Å²) in [6.07, 6.45) is 0.612. The lowest BCUT2D eigenvalue weighted by Crippen LogP contribution is -2.50. The molecule has 0 radical (unpaired) electrons. The second kappa shape index (κ2) is 9.04. The number of benzene rings is 1. The first kappa shape index (κ1) is 19.5. The summed E-state index contributed by atoms with van der Waals surface area (Å²) in [5.74, 6) is 0.806. The lowest BCUT2D eigenvalue weighted by atomic mass is 10.2. The van der Waals surface area contributed by atoms with Gasteiger partial charge in [-0.2, -0.15) is 0 Å². The minimum Gasteiger partial charge on any atom is -0.481 e. The van der Waals surface area contributed by atoms with Crippen LogP contribution in [0.25, 0.3) is 0 Å². The molecule has 2 aliphatic rings. The van der Waals surface area contributed by atoms with E-state index in [1.54, 1.807) is 0 Å². The molecule has 134 valence electrons. The van der Waals surface area contributed by atoms with Crippen molar-refractivity contribution in [2.45, 2.75) is 25.5 Å². The van der Waals surface area contributed by atoms with Crippen molar-refractivity contribution >= 4 is 34.2 Å². The Bertz CT molecular complexity index is 554. The summed E-state index contributed by atoms with van der Waals surface area (Å²) in [5.41, 5.74) is 0. The average molecular weight is 419 g/mol. The van der Waals surface area contributed by atoms with Gasteiger partial charge in [-0.25, -0.2) is 0 Å². The highest BCUT2D eigenvalue weighted by Crippen LogP contribution is 2.21. The molecule has 2 fully saturated rings. The van der Waals surface area contributed by atoms with Crippen molar-refractivity contribution in [1.82, 2.24) is 15.1 Å². The van der Waals surface area contributed by atoms with Crippen LogP contribution in [-0.2, 0) is 4.79 Å². The van der Waals surface area contributed by atoms with Crippen LogP contribution in [0.3, 0.4) is 0 Å². The summed E-state index contributed by atoms with van der Waals surface area (Å²) in [4.78, 5) is 17.1. The van der Waals surface area contributed by atoms with E-state index in [4.69, 9.17) is 4.74 Å². The zero-order valence-corrected chi connectivity index (χ0v) is 16.3. The molecule has 1 amide bonds. The molecule has 0 saturated carbocycles. The smallest absolute Gasteiger partial charge is 0.263 e. The van der Waals surface area contributed by atoms with E-state index >= 15 is 0 Å². The third-order valence-electron chi connectivity index (χ3n) is 4.60. The van der Waals surface area contributed by atoms with E-state index in [9.17, 15) is 4.79 Å². The van der Waals surface area contributed by atoms with Crippen LogP contribution in [0.5, 0.6) is 5.75 Å². The van der Waals surface area contributed by atoms with Gasteiger partial charge in [0.15, 0.2) is 6.10 Å². The number of nitrogens with one attached hydrogen (secondary N) is 1. The van der Waals surface area contributed by atoms with Crippen molar-refractivity contribution in [2.24, 2.45) is 0 Å². The fraction of sp³-hybridized carbons (Fsp3) is 0.588. The Labute approximate surface area is 158 Å². The van der Waals surface area contributed by atoms with Gasteiger partial charge in [0.2, 0.25) is 0 Å². The van der Waals surface area contributed by atoms with Gasteiger partial charge in [-0.3, -0.25) is 9.69 Å². The number of likely N-dealkylation sites (tertiary alicyclic amines) is 1. The van der Waals surface area contributed by atoms with Gasteiger partial charge in [0.1, 0.15) is 5.75 Å². The van der Waals surface area contributed by atoms with Crippen LogP contribution in [0.1, 0.15) is 13.3 Å². The number of nitrogens with zero attached hydrogens (tertiary/aromatic N) is 2. The summed E-state index contributed by atoms with van der Waals surface area (Å²) < 4.78 is 6.76. The summed E-state index contributed by atoms with van der Waals surface area (Å²) >= 11 is 3.42. The average Bonchev–Trinajstić information content (AvgIpc) is 3.05. The van der Waals surface area contributed by atoms with Crippen LogP contribution < -0.4 is 10.1 Å². The van der Waals surface area contributed by atoms with E-state index in [1.165, 1.54) is 0 Å². The molecule has 0 spiro atoms. The molecule has 1 aromatic rings. The van der Waals surface area contributed by atoms with Gasteiger partial charge in [-0.15, -0.1) is 12.4 Å². The highest BCUT2D eigenvalue weighted by Gasteiger charge is 2.33. The minimum absolute atomic E-state index is 0. The number of carbonyl (C=O) groups is 1. The van der Waals surface area contributed by atoms with Crippen LogP contribution in [0, 0.1) is 0 Å². The summed E-state index contributed by atoms with van der Waals surface area (Å²) in [7, 11) is 0. The van der Waals surface area contributed by atoms with Crippen molar-refractivity contribution in [2.75, 3.05) is 39.3 Å². The maximum Gasteiger partial charge on any atom is 0.263 e. The van der Waals surface area contributed by atoms with E-state index in [0.29, 0.717) is 6.04 Å². The van der Waals surface area contributed by atoms with Gasteiger partial charge >= 0.3 is 0 Å². The third kappa shape index (κ3) is 4.85. The highest BCUT2D eigenvalue weighted by atomic mass is 79.9. The molecule has 2 aliphatic heterocycles. The summed E-state index contributed by atoms with van der Waals surface area (Å²) in [6, 6.07) is 8.11. The number of hydrogen-bond donors (Lipinski definition) is 1. The molecule has 1 N–H and O–H groups in total. The molecule has 2 saturated heterocycles. The number of ether oxygens (including phenoxy) is 1. The molecule has 2 atom stereocenters.